The van der Waals surface area contributed by atoms with Gasteiger partial charge >= 0.3 is 12.1 Å². The summed E-state index contributed by atoms with van der Waals surface area (Å²) in [5.74, 6) is -2.71. The molecule has 3 rings (SSSR count). The number of aliphatic carboxylic acids is 1. The fourth-order valence-corrected chi connectivity index (χ4v) is 3.53. The van der Waals surface area contributed by atoms with Gasteiger partial charge in [-0.15, -0.1) is 0 Å². The molecule has 1 N–H and O–H groups in total. The molecule has 168 valence electrons. The number of nitrogens with zero attached hydrogens (tertiary/aromatic N) is 2. The number of fused-ring (bicyclic) bond motifs is 1. The number of alkyl halides is 3. The van der Waals surface area contributed by atoms with E-state index in [1.807, 2.05) is 17.0 Å². The van der Waals surface area contributed by atoms with Crippen molar-refractivity contribution in [2.24, 2.45) is 5.41 Å². The number of aromatic nitrogens is 1. The van der Waals surface area contributed by atoms with Crippen LogP contribution in [-0.2, 0) is 30.4 Å². The van der Waals surface area contributed by atoms with Crippen molar-refractivity contribution in [2.75, 3.05) is 40.0 Å². The van der Waals surface area contributed by atoms with Crippen molar-refractivity contribution < 1.29 is 42.1 Å². The average molecular weight is 434 g/mol. The van der Waals surface area contributed by atoms with Gasteiger partial charge in [0.05, 0.1) is 19.3 Å². The van der Waals surface area contributed by atoms with E-state index in [1.165, 1.54) is 0 Å². The maximum Gasteiger partial charge on any atom is 0.490 e. The maximum absolute atomic E-state index is 12.1. The summed E-state index contributed by atoms with van der Waals surface area (Å²) in [6.07, 6.45) is 0.444. The van der Waals surface area contributed by atoms with Crippen molar-refractivity contribution in [1.82, 2.24) is 9.88 Å². The molecule has 11 heteroatoms. The van der Waals surface area contributed by atoms with Gasteiger partial charge in [0.25, 0.3) is 0 Å². The Labute approximate surface area is 171 Å². The highest BCUT2D eigenvalue weighted by atomic mass is 19.4. The molecule has 0 unspecified atom stereocenters. The Hall–Kier alpha value is -2.24. The number of carbonyl (C=O) groups is 2. The van der Waals surface area contributed by atoms with E-state index in [1.54, 1.807) is 19.5 Å². The first-order valence-electron chi connectivity index (χ1n) is 9.33. The van der Waals surface area contributed by atoms with Crippen LogP contribution in [0.1, 0.15) is 18.4 Å². The molecule has 0 saturated carbocycles. The molecular formula is C19H25F3N2O6. The number of likely N-dealkylation sites (tertiary alicyclic amines) is 1. The lowest BCUT2D eigenvalue weighted by Gasteiger charge is -2.43. The Morgan fingerprint density at radius 3 is 2.63 bits per heavy atom. The largest absolute Gasteiger partial charge is 0.490 e. The van der Waals surface area contributed by atoms with Gasteiger partial charge < -0.3 is 24.2 Å². The molecule has 0 aromatic carbocycles. The Balaban J connectivity index is 0.000000396. The smallest absolute Gasteiger partial charge is 0.475 e. The average Bonchev–Trinajstić information content (AvgIpc) is 3.12. The molecule has 2 saturated heterocycles. The minimum absolute atomic E-state index is 0.0476. The number of piperidine rings is 1. The number of ether oxygens (including phenoxy) is 3. The Morgan fingerprint density at radius 1 is 1.37 bits per heavy atom. The van der Waals surface area contributed by atoms with E-state index in [9.17, 15) is 18.0 Å². The van der Waals surface area contributed by atoms with Crippen LogP contribution in [0.15, 0.2) is 24.5 Å². The molecule has 2 aliphatic heterocycles. The summed E-state index contributed by atoms with van der Waals surface area (Å²) in [6, 6.07) is 3.91. The van der Waals surface area contributed by atoms with Gasteiger partial charge in [-0.05, 0) is 30.5 Å². The zero-order valence-electron chi connectivity index (χ0n) is 16.6. The highest BCUT2D eigenvalue weighted by molar-refractivity contribution is 5.77. The number of pyridine rings is 1. The fourth-order valence-electron chi connectivity index (χ4n) is 3.53. The third-order valence-corrected chi connectivity index (χ3v) is 5.04. The lowest BCUT2D eigenvalue weighted by molar-refractivity contribution is -0.192. The third-order valence-electron chi connectivity index (χ3n) is 5.04. The molecule has 3 heterocycles. The van der Waals surface area contributed by atoms with Crippen LogP contribution in [0.2, 0.25) is 0 Å². The summed E-state index contributed by atoms with van der Waals surface area (Å²) >= 11 is 0. The first-order chi connectivity index (χ1) is 14.2. The molecule has 30 heavy (non-hydrogen) atoms. The molecule has 0 spiro atoms. The predicted molar refractivity (Wildman–Crippen MR) is 97.4 cm³/mol. The molecule has 0 radical (unpaired) electrons. The minimum Gasteiger partial charge on any atom is -0.475 e. The number of methoxy groups -OCH3 is 1. The molecule has 0 aliphatic carbocycles. The van der Waals surface area contributed by atoms with E-state index in [0.717, 1.165) is 31.6 Å². The topological polar surface area (TPSA) is 98.2 Å². The molecule has 2 atom stereocenters. The highest BCUT2D eigenvalue weighted by Crippen LogP contribution is 2.41. The van der Waals surface area contributed by atoms with E-state index in [4.69, 9.17) is 24.1 Å². The zero-order valence-corrected chi connectivity index (χ0v) is 16.6. The predicted octanol–water partition coefficient (Wildman–Crippen LogP) is 1.89. The standard InChI is InChI=1S/C17H24N2O4.C2HF3O2/c1-21-11-16(20)19-8-4-15-17(12-19,5-9-23-15)13-22-10-14-2-6-18-7-3-14;3-2(4,5)1(6)7/h2-3,6-7,15H,4-5,8-13H2,1H3;(H,6,7)/t15-,17+;/m1./s1. The van der Waals surface area contributed by atoms with Crippen LogP contribution < -0.4 is 0 Å². The maximum atomic E-state index is 12.1. The Bertz CT molecular complexity index is 703. The Kier molecular flexibility index (Phi) is 8.56. The van der Waals surface area contributed by atoms with Crippen LogP contribution in [0.3, 0.4) is 0 Å². The summed E-state index contributed by atoms with van der Waals surface area (Å²) in [7, 11) is 1.55. The van der Waals surface area contributed by atoms with Crippen LogP contribution >= 0.6 is 0 Å². The number of carboxylic acids is 1. The number of amides is 1. The van der Waals surface area contributed by atoms with Crippen LogP contribution in [0.4, 0.5) is 13.2 Å². The Morgan fingerprint density at radius 2 is 2.03 bits per heavy atom. The summed E-state index contributed by atoms with van der Waals surface area (Å²) in [6.45, 7) is 3.48. The molecular weight excluding hydrogens is 409 g/mol. The lowest BCUT2D eigenvalue weighted by atomic mass is 9.77. The molecule has 2 fully saturated rings. The van der Waals surface area contributed by atoms with Crippen molar-refractivity contribution >= 4 is 11.9 Å². The van der Waals surface area contributed by atoms with Crippen LogP contribution in [0.5, 0.6) is 0 Å². The summed E-state index contributed by atoms with van der Waals surface area (Å²) in [5, 5.41) is 7.12. The van der Waals surface area contributed by atoms with Gasteiger partial charge in [-0.1, -0.05) is 0 Å². The quantitative estimate of drug-likeness (QED) is 0.730. The second-order valence-corrected chi connectivity index (χ2v) is 7.16. The van der Waals surface area contributed by atoms with Gasteiger partial charge in [0.2, 0.25) is 5.91 Å². The van der Waals surface area contributed by atoms with Crippen LogP contribution in [0, 0.1) is 5.41 Å². The van der Waals surface area contributed by atoms with Gasteiger partial charge in [0, 0.05) is 44.6 Å². The number of hydrogen-bond acceptors (Lipinski definition) is 6. The number of halogens is 3. The number of hydrogen-bond donors (Lipinski definition) is 1. The molecule has 0 bridgehead atoms. The zero-order chi connectivity index (χ0) is 22.2. The van der Waals surface area contributed by atoms with E-state index in [-0.39, 0.29) is 24.0 Å². The summed E-state index contributed by atoms with van der Waals surface area (Å²) in [4.78, 5) is 26.9. The minimum atomic E-state index is -5.08. The number of carboxylic acid groups (broad SMARTS) is 1. The summed E-state index contributed by atoms with van der Waals surface area (Å²) in [5.41, 5.74) is 1.02. The fraction of sp³-hybridized carbons (Fsp3) is 0.632. The number of carbonyl (C=O) groups excluding carboxylic acids is 1. The highest BCUT2D eigenvalue weighted by Gasteiger charge is 2.49. The molecule has 1 aromatic heterocycles. The van der Waals surface area contributed by atoms with Crippen molar-refractivity contribution in [2.45, 2.75) is 31.7 Å². The molecule has 8 nitrogen and oxygen atoms in total. The van der Waals surface area contributed by atoms with Crippen molar-refractivity contribution in [3.63, 3.8) is 0 Å². The lowest BCUT2D eigenvalue weighted by Crippen LogP contribution is -2.54. The second kappa shape index (κ2) is 10.7. The SMILES string of the molecule is COCC(=O)N1CC[C@H]2OCC[C@@]2(COCc2ccncc2)C1.O=C(O)C(F)(F)F. The van der Waals surface area contributed by atoms with E-state index in [0.29, 0.717) is 19.8 Å². The van der Waals surface area contributed by atoms with Crippen molar-refractivity contribution in [1.29, 1.82) is 0 Å². The molecule has 1 aromatic rings. The first kappa shape index (κ1) is 24.0. The van der Waals surface area contributed by atoms with Gasteiger partial charge in [0.1, 0.15) is 6.61 Å². The van der Waals surface area contributed by atoms with E-state index in [2.05, 4.69) is 4.98 Å². The van der Waals surface area contributed by atoms with Crippen molar-refractivity contribution in [3.05, 3.63) is 30.1 Å². The van der Waals surface area contributed by atoms with E-state index >= 15 is 0 Å². The van der Waals surface area contributed by atoms with Gasteiger partial charge in [-0.25, -0.2) is 4.79 Å². The van der Waals surface area contributed by atoms with Gasteiger partial charge in [0.15, 0.2) is 0 Å². The van der Waals surface area contributed by atoms with Crippen LogP contribution in [0.25, 0.3) is 0 Å². The summed E-state index contributed by atoms with van der Waals surface area (Å²) < 4.78 is 48.6. The van der Waals surface area contributed by atoms with E-state index < -0.39 is 12.1 Å². The van der Waals surface area contributed by atoms with Crippen LogP contribution in [-0.4, -0.2) is 79.2 Å². The second-order valence-electron chi connectivity index (χ2n) is 7.16. The third kappa shape index (κ3) is 6.64. The molecule has 1 amide bonds. The molecule has 2 aliphatic rings. The van der Waals surface area contributed by atoms with Gasteiger partial charge in [-0.3, -0.25) is 9.78 Å². The van der Waals surface area contributed by atoms with Crippen molar-refractivity contribution in [3.8, 4) is 0 Å². The monoisotopic (exact) mass is 434 g/mol. The number of rotatable bonds is 6. The van der Waals surface area contributed by atoms with Gasteiger partial charge in [-0.2, -0.15) is 13.2 Å². The first-order valence-corrected chi connectivity index (χ1v) is 9.33. The normalized spacial score (nSPS) is 23.3.